The Hall–Kier alpha value is -3.80. The van der Waals surface area contributed by atoms with Gasteiger partial charge in [-0.25, -0.2) is 0 Å². The number of rotatable bonds is 9. The van der Waals surface area contributed by atoms with E-state index in [1.807, 2.05) is 74.5 Å². The van der Waals surface area contributed by atoms with Crippen molar-refractivity contribution in [3.05, 3.63) is 89.0 Å². The standard InChI is InChI=1S/C25H26N2O4/c1-18-9-10-19(2)22(13-18)27-25(28)17-31-26-15-21-11-12-23(24(14-21)29-3)30-16-20-7-5-4-6-8-20/h4-15H,16-17H2,1-3H3,(H,27,28)/b26-15+. The molecule has 1 amide bonds. The molecule has 0 bridgehead atoms. The molecular weight excluding hydrogens is 392 g/mol. The van der Waals surface area contributed by atoms with Crippen LogP contribution in [0.15, 0.2) is 71.9 Å². The van der Waals surface area contributed by atoms with Gasteiger partial charge in [-0.15, -0.1) is 0 Å². The van der Waals surface area contributed by atoms with Gasteiger partial charge in [0.25, 0.3) is 5.91 Å². The molecular formula is C25H26N2O4. The second-order valence-electron chi connectivity index (χ2n) is 7.06. The summed E-state index contributed by atoms with van der Waals surface area (Å²) in [6.45, 7) is 4.18. The topological polar surface area (TPSA) is 69.2 Å². The Morgan fingerprint density at radius 2 is 1.81 bits per heavy atom. The fraction of sp³-hybridized carbons (Fsp3) is 0.200. The second kappa shape index (κ2) is 10.8. The highest BCUT2D eigenvalue weighted by Gasteiger charge is 2.07. The van der Waals surface area contributed by atoms with Crippen LogP contribution in [0.4, 0.5) is 5.69 Å². The summed E-state index contributed by atoms with van der Waals surface area (Å²) < 4.78 is 11.3. The van der Waals surface area contributed by atoms with Crippen LogP contribution >= 0.6 is 0 Å². The number of amides is 1. The van der Waals surface area contributed by atoms with Gasteiger partial charge in [0, 0.05) is 11.3 Å². The predicted molar refractivity (Wildman–Crippen MR) is 122 cm³/mol. The molecule has 0 saturated carbocycles. The maximum Gasteiger partial charge on any atom is 0.265 e. The highest BCUT2D eigenvalue weighted by atomic mass is 16.6. The first kappa shape index (κ1) is 21.9. The summed E-state index contributed by atoms with van der Waals surface area (Å²) in [6, 6.07) is 21.2. The first-order chi connectivity index (χ1) is 15.0. The summed E-state index contributed by atoms with van der Waals surface area (Å²) >= 11 is 0. The number of carbonyl (C=O) groups is 1. The number of ether oxygens (including phenoxy) is 2. The van der Waals surface area contributed by atoms with E-state index in [1.165, 1.54) is 6.21 Å². The van der Waals surface area contributed by atoms with Gasteiger partial charge in [-0.1, -0.05) is 47.6 Å². The number of oxime groups is 1. The van der Waals surface area contributed by atoms with Crippen molar-refractivity contribution in [3.8, 4) is 11.5 Å². The van der Waals surface area contributed by atoms with Crippen LogP contribution in [-0.4, -0.2) is 25.8 Å². The highest BCUT2D eigenvalue weighted by molar-refractivity contribution is 5.92. The van der Waals surface area contributed by atoms with Crippen molar-refractivity contribution in [2.24, 2.45) is 5.16 Å². The quantitative estimate of drug-likeness (QED) is 0.397. The Morgan fingerprint density at radius 3 is 2.58 bits per heavy atom. The van der Waals surface area contributed by atoms with Gasteiger partial charge in [-0.05, 0) is 54.8 Å². The number of hydrogen-bond donors (Lipinski definition) is 1. The molecule has 0 spiro atoms. The molecule has 0 heterocycles. The van der Waals surface area contributed by atoms with Crippen molar-refractivity contribution in [1.82, 2.24) is 0 Å². The van der Waals surface area contributed by atoms with Gasteiger partial charge in [0.2, 0.25) is 0 Å². The fourth-order valence-electron chi connectivity index (χ4n) is 2.87. The van der Waals surface area contributed by atoms with Gasteiger partial charge in [-0.3, -0.25) is 4.79 Å². The van der Waals surface area contributed by atoms with Crippen molar-refractivity contribution < 1.29 is 19.1 Å². The fourth-order valence-corrected chi connectivity index (χ4v) is 2.87. The summed E-state index contributed by atoms with van der Waals surface area (Å²) in [6.07, 6.45) is 1.52. The summed E-state index contributed by atoms with van der Waals surface area (Å²) in [5, 5.41) is 6.71. The molecule has 0 aliphatic rings. The lowest BCUT2D eigenvalue weighted by Crippen LogP contribution is -2.17. The molecule has 6 heteroatoms. The van der Waals surface area contributed by atoms with Gasteiger partial charge in [-0.2, -0.15) is 0 Å². The molecule has 0 radical (unpaired) electrons. The molecule has 3 rings (SSSR count). The zero-order valence-corrected chi connectivity index (χ0v) is 17.9. The molecule has 0 atom stereocenters. The third-order valence-corrected chi connectivity index (χ3v) is 4.56. The van der Waals surface area contributed by atoms with Crippen LogP contribution in [0.5, 0.6) is 11.5 Å². The third-order valence-electron chi connectivity index (χ3n) is 4.56. The van der Waals surface area contributed by atoms with Crippen molar-refractivity contribution in [2.75, 3.05) is 19.0 Å². The number of nitrogens with one attached hydrogen (secondary N) is 1. The molecule has 0 aromatic heterocycles. The van der Waals surface area contributed by atoms with E-state index in [9.17, 15) is 4.79 Å². The molecule has 0 aliphatic heterocycles. The van der Waals surface area contributed by atoms with Crippen molar-refractivity contribution >= 4 is 17.8 Å². The van der Waals surface area contributed by atoms with Crippen LogP contribution in [0.25, 0.3) is 0 Å². The summed E-state index contributed by atoms with van der Waals surface area (Å²) in [4.78, 5) is 17.2. The monoisotopic (exact) mass is 418 g/mol. The number of benzene rings is 3. The molecule has 31 heavy (non-hydrogen) atoms. The van der Waals surface area contributed by atoms with Crippen LogP contribution in [0, 0.1) is 13.8 Å². The largest absolute Gasteiger partial charge is 0.493 e. The molecule has 160 valence electrons. The Bertz CT molecular complexity index is 1050. The Kier molecular flexibility index (Phi) is 7.65. The number of aryl methyl sites for hydroxylation is 2. The van der Waals surface area contributed by atoms with E-state index >= 15 is 0 Å². The van der Waals surface area contributed by atoms with Gasteiger partial charge in [0.1, 0.15) is 6.61 Å². The summed E-state index contributed by atoms with van der Waals surface area (Å²) in [5.41, 5.74) is 4.67. The SMILES string of the molecule is COc1cc(/C=N/OCC(=O)Nc2cc(C)ccc2C)ccc1OCc1ccccc1. The lowest BCUT2D eigenvalue weighted by atomic mass is 10.1. The van der Waals surface area contributed by atoms with E-state index in [4.69, 9.17) is 14.3 Å². The summed E-state index contributed by atoms with van der Waals surface area (Å²) in [5.74, 6) is 0.956. The lowest BCUT2D eigenvalue weighted by molar-refractivity contribution is -0.120. The normalized spacial score (nSPS) is 10.7. The van der Waals surface area contributed by atoms with Crippen molar-refractivity contribution in [3.63, 3.8) is 0 Å². The Morgan fingerprint density at radius 1 is 1.00 bits per heavy atom. The second-order valence-corrected chi connectivity index (χ2v) is 7.06. The van der Waals surface area contributed by atoms with Gasteiger partial charge >= 0.3 is 0 Å². The molecule has 3 aromatic rings. The van der Waals surface area contributed by atoms with Crippen molar-refractivity contribution in [2.45, 2.75) is 20.5 Å². The number of nitrogens with zero attached hydrogens (tertiary/aromatic N) is 1. The zero-order chi connectivity index (χ0) is 22.1. The van der Waals surface area contributed by atoms with Gasteiger partial charge in [0.05, 0.1) is 13.3 Å². The first-order valence-electron chi connectivity index (χ1n) is 9.92. The van der Waals surface area contributed by atoms with Crippen LogP contribution < -0.4 is 14.8 Å². The number of carbonyl (C=O) groups excluding carboxylic acids is 1. The average Bonchev–Trinajstić information content (AvgIpc) is 2.78. The zero-order valence-electron chi connectivity index (χ0n) is 17.9. The van der Waals surface area contributed by atoms with E-state index in [2.05, 4.69) is 10.5 Å². The van der Waals surface area contributed by atoms with Gasteiger partial charge < -0.3 is 19.6 Å². The van der Waals surface area contributed by atoms with E-state index in [-0.39, 0.29) is 12.5 Å². The van der Waals surface area contributed by atoms with E-state index in [0.29, 0.717) is 18.1 Å². The minimum atomic E-state index is -0.270. The lowest BCUT2D eigenvalue weighted by Gasteiger charge is -2.11. The van der Waals surface area contributed by atoms with Crippen LogP contribution in [0.1, 0.15) is 22.3 Å². The van der Waals surface area contributed by atoms with Crippen LogP contribution in [0.3, 0.4) is 0 Å². The molecule has 6 nitrogen and oxygen atoms in total. The first-order valence-corrected chi connectivity index (χ1v) is 9.92. The molecule has 0 saturated heterocycles. The number of anilines is 1. The minimum absolute atomic E-state index is 0.181. The van der Waals surface area contributed by atoms with E-state index in [1.54, 1.807) is 13.2 Å². The molecule has 0 aliphatic carbocycles. The Balaban J connectivity index is 1.52. The summed E-state index contributed by atoms with van der Waals surface area (Å²) in [7, 11) is 1.58. The minimum Gasteiger partial charge on any atom is -0.493 e. The maximum atomic E-state index is 12.1. The van der Waals surface area contributed by atoms with Crippen molar-refractivity contribution in [1.29, 1.82) is 0 Å². The van der Waals surface area contributed by atoms with E-state index < -0.39 is 0 Å². The smallest absolute Gasteiger partial charge is 0.265 e. The van der Waals surface area contributed by atoms with Crippen LogP contribution in [-0.2, 0) is 16.2 Å². The number of hydrogen-bond acceptors (Lipinski definition) is 5. The third kappa shape index (κ3) is 6.60. The molecule has 3 aromatic carbocycles. The highest BCUT2D eigenvalue weighted by Crippen LogP contribution is 2.28. The molecule has 1 N–H and O–H groups in total. The molecule has 0 unspecified atom stereocenters. The van der Waals surface area contributed by atoms with Gasteiger partial charge in [0.15, 0.2) is 18.1 Å². The van der Waals surface area contributed by atoms with Crippen LogP contribution in [0.2, 0.25) is 0 Å². The maximum absolute atomic E-state index is 12.1. The Labute approximate surface area is 182 Å². The van der Waals surface area contributed by atoms with E-state index in [0.717, 1.165) is 27.9 Å². The average molecular weight is 418 g/mol. The molecule has 0 fully saturated rings. The number of methoxy groups -OCH3 is 1. The predicted octanol–water partition coefficient (Wildman–Crippen LogP) is 4.88.